The second-order valence-corrected chi connectivity index (χ2v) is 18.6. The molecular formula is C48H56N10O8. The summed E-state index contributed by atoms with van der Waals surface area (Å²) in [5, 5.41) is 14.6. The van der Waals surface area contributed by atoms with E-state index in [9.17, 15) is 33.9 Å². The molecule has 6 amide bonds. The van der Waals surface area contributed by atoms with E-state index in [2.05, 4.69) is 32.7 Å². The molecule has 0 saturated carbocycles. The predicted octanol–water partition coefficient (Wildman–Crippen LogP) is 4.59. The lowest BCUT2D eigenvalue weighted by Crippen LogP contribution is -2.51. The number of benzene rings is 3. The van der Waals surface area contributed by atoms with Gasteiger partial charge in [0.25, 0.3) is 11.8 Å². The summed E-state index contributed by atoms with van der Waals surface area (Å²) in [6, 6.07) is 12.9. The Labute approximate surface area is 381 Å². The van der Waals surface area contributed by atoms with Gasteiger partial charge in [0.15, 0.2) is 0 Å². The van der Waals surface area contributed by atoms with Gasteiger partial charge in [-0.2, -0.15) is 0 Å². The SMILES string of the molecule is COC(=O)N[C@@H](C(=O)N1CCCC1c1nc2ccc(C(=O)N3Cc4cc5c(cc4C3)CN(C(=O)c3ccc4nc(C6CCCN6C(=O)[C@@H](NC(=O)CO)C(C)C)[nH]c4c3)C5)cc2[nH]1)C(C)C. The van der Waals surface area contributed by atoms with Crippen molar-refractivity contribution in [1.29, 1.82) is 0 Å². The van der Waals surface area contributed by atoms with Gasteiger partial charge in [-0.25, -0.2) is 14.8 Å². The van der Waals surface area contributed by atoms with Crippen molar-refractivity contribution in [2.45, 2.75) is 104 Å². The molecule has 0 bridgehead atoms. The maximum atomic E-state index is 14.0. The minimum absolute atomic E-state index is 0.108. The van der Waals surface area contributed by atoms with Crippen LogP contribution in [0.15, 0.2) is 48.5 Å². The molecule has 5 aromatic rings. The minimum atomic E-state index is -0.773. The van der Waals surface area contributed by atoms with Crippen LogP contribution in [0.25, 0.3) is 22.1 Å². The molecular weight excluding hydrogens is 845 g/mol. The Morgan fingerprint density at radius 2 is 1.09 bits per heavy atom. The average molecular weight is 901 g/mol. The van der Waals surface area contributed by atoms with Crippen molar-refractivity contribution < 1.29 is 38.6 Å². The van der Waals surface area contributed by atoms with Crippen molar-refractivity contribution in [2.75, 3.05) is 26.8 Å². The molecule has 4 atom stereocenters. The van der Waals surface area contributed by atoms with Gasteiger partial charge < -0.3 is 50.0 Å². The van der Waals surface area contributed by atoms with Crippen molar-refractivity contribution in [2.24, 2.45) is 11.8 Å². The maximum absolute atomic E-state index is 14.0. The zero-order valence-electron chi connectivity index (χ0n) is 37.8. The number of aliphatic hydroxyl groups excluding tert-OH is 1. The normalized spacial score (nSPS) is 18.9. The summed E-state index contributed by atoms with van der Waals surface area (Å²) in [5.41, 5.74) is 8.01. The van der Waals surface area contributed by atoms with E-state index in [1.165, 1.54) is 7.11 Å². The van der Waals surface area contributed by atoms with Crippen molar-refractivity contribution >= 4 is 57.7 Å². The molecule has 4 aliphatic rings. The number of alkyl carbamates (subject to hydrolysis) is 1. The number of methoxy groups -OCH3 is 1. The minimum Gasteiger partial charge on any atom is -0.453 e. The predicted molar refractivity (Wildman–Crippen MR) is 241 cm³/mol. The van der Waals surface area contributed by atoms with Gasteiger partial charge in [-0.05, 0) is 96.2 Å². The number of imidazole rings is 2. The molecule has 66 heavy (non-hydrogen) atoms. The number of nitrogens with one attached hydrogen (secondary N) is 4. The second kappa shape index (κ2) is 17.9. The van der Waals surface area contributed by atoms with Crippen LogP contribution in [0.2, 0.25) is 0 Å². The molecule has 3 aromatic carbocycles. The number of nitrogens with zero attached hydrogens (tertiary/aromatic N) is 6. The van der Waals surface area contributed by atoms with E-state index in [4.69, 9.17) is 14.7 Å². The van der Waals surface area contributed by atoms with Crippen LogP contribution in [0, 0.1) is 11.8 Å². The number of amides is 6. The van der Waals surface area contributed by atoms with Crippen LogP contribution >= 0.6 is 0 Å². The van der Waals surface area contributed by atoms with Gasteiger partial charge in [-0.3, -0.25) is 24.0 Å². The zero-order chi connectivity index (χ0) is 46.6. The number of carbonyl (C=O) groups excluding carboxylic acids is 6. The maximum Gasteiger partial charge on any atom is 0.407 e. The number of aromatic amines is 2. The van der Waals surface area contributed by atoms with E-state index in [1.807, 2.05) is 55.7 Å². The first-order valence-electron chi connectivity index (χ1n) is 22.8. The van der Waals surface area contributed by atoms with E-state index in [0.29, 0.717) is 97.0 Å². The largest absolute Gasteiger partial charge is 0.453 e. The van der Waals surface area contributed by atoms with Crippen LogP contribution in [0.3, 0.4) is 0 Å². The highest BCUT2D eigenvalue weighted by Gasteiger charge is 2.39. The Bertz CT molecular complexity index is 2540. The summed E-state index contributed by atoms with van der Waals surface area (Å²) in [6.07, 6.45) is 2.33. The zero-order valence-corrected chi connectivity index (χ0v) is 37.8. The lowest BCUT2D eigenvalue weighted by atomic mass is 10.0. The molecule has 18 heteroatoms. The number of aromatic nitrogens is 4. The van der Waals surface area contributed by atoms with E-state index >= 15 is 0 Å². The van der Waals surface area contributed by atoms with E-state index in [-0.39, 0.29) is 47.5 Å². The molecule has 2 aromatic heterocycles. The molecule has 18 nitrogen and oxygen atoms in total. The highest BCUT2D eigenvalue weighted by atomic mass is 16.5. The van der Waals surface area contributed by atoms with Gasteiger partial charge in [-0.15, -0.1) is 0 Å². The fraction of sp³-hybridized carbons (Fsp3) is 0.458. The van der Waals surface area contributed by atoms with Crippen LogP contribution in [0.5, 0.6) is 0 Å². The lowest BCUT2D eigenvalue weighted by molar-refractivity contribution is -0.139. The lowest BCUT2D eigenvalue weighted by Gasteiger charge is -2.30. The van der Waals surface area contributed by atoms with Gasteiger partial charge in [0.2, 0.25) is 17.7 Å². The molecule has 346 valence electrons. The Morgan fingerprint density at radius 1 is 0.667 bits per heavy atom. The fourth-order valence-corrected chi connectivity index (χ4v) is 10.0. The van der Waals surface area contributed by atoms with Crippen LogP contribution in [-0.2, 0) is 45.3 Å². The molecule has 2 fully saturated rings. The highest BCUT2D eigenvalue weighted by molar-refractivity contribution is 5.99. The van der Waals surface area contributed by atoms with Crippen LogP contribution < -0.4 is 10.6 Å². The van der Waals surface area contributed by atoms with Gasteiger partial charge in [0, 0.05) is 50.4 Å². The third-order valence-electron chi connectivity index (χ3n) is 13.5. The summed E-state index contributed by atoms with van der Waals surface area (Å²) in [6.45, 7) is 9.58. The third-order valence-corrected chi connectivity index (χ3v) is 13.5. The number of aliphatic hydroxyl groups is 1. The Kier molecular flexibility index (Phi) is 12.0. The van der Waals surface area contributed by atoms with Gasteiger partial charge >= 0.3 is 6.09 Å². The molecule has 0 radical (unpaired) electrons. The number of rotatable bonds is 11. The molecule has 0 spiro atoms. The van der Waals surface area contributed by atoms with Crippen LogP contribution in [0.4, 0.5) is 4.79 Å². The smallest absolute Gasteiger partial charge is 0.407 e. The van der Waals surface area contributed by atoms with Crippen molar-refractivity contribution in [3.8, 4) is 0 Å². The number of fused-ring (bicyclic) bond motifs is 4. The number of hydrogen-bond acceptors (Lipinski definition) is 10. The fourth-order valence-electron chi connectivity index (χ4n) is 10.0. The number of carbonyl (C=O) groups is 6. The van der Waals surface area contributed by atoms with E-state index < -0.39 is 30.7 Å². The average Bonchev–Trinajstić information content (AvgIpc) is 4.17. The molecule has 9 rings (SSSR count). The van der Waals surface area contributed by atoms with Crippen molar-refractivity contribution in [3.63, 3.8) is 0 Å². The summed E-state index contributed by atoms with van der Waals surface area (Å²) in [4.78, 5) is 103. The summed E-state index contributed by atoms with van der Waals surface area (Å²) in [7, 11) is 1.27. The van der Waals surface area contributed by atoms with Gasteiger partial charge in [-0.1, -0.05) is 39.8 Å². The molecule has 4 aliphatic heterocycles. The number of likely N-dealkylation sites (tertiary alicyclic amines) is 2. The molecule has 0 aliphatic carbocycles. The number of H-pyrrole nitrogens is 2. The molecule has 6 heterocycles. The van der Waals surface area contributed by atoms with E-state index in [1.54, 1.807) is 28.0 Å². The Balaban J connectivity index is 0.840. The monoisotopic (exact) mass is 900 g/mol. The molecule has 2 saturated heterocycles. The molecule has 2 unspecified atom stereocenters. The molecule has 5 N–H and O–H groups in total. The topological polar surface area (TPSA) is 226 Å². The number of hydrogen-bond donors (Lipinski definition) is 5. The summed E-state index contributed by atoms with van der Waals surface area (Å²) < 4.78 is 4.76. The number of ether oxygens (including phenoxy) is 1. The van der Waals surface area contributed by atoms with Gasteiger partial charge in [0.1, 0.15) is 30.3 Å². The Hall–Kier alpha value is -6.82. The first-order chi connectivity index (χ1) is 31.7. The highest BCUT2D eigenvalue weighted by Crippen LogP contribution is 2.36. The third kappa shape index (κ3) is 8.33. The summed E-state index contributed by atoms with van der Waals surface area (Å²) >= 11 is 0. The van der Waals surface area contributed by atoms with Crippen molar-refractivity contribution in [1.82, 2.24) is 50.2 Å². The van der Waals surface area contributed by atoms with Crippen molar-refractivity contribution in [3.05, 3.63) is 93.6 Å². The Morgan fingerprint density at radius 3 is 1.48 bits per heavy atom. The van der Waals surface area contributed by atoms with Crippen LogP contribution in [0.1, 0.15) is 120 Å². The summed E-state index contributed by atoms with van der Waals surface area (Å²) in [5.74, 6) is -0.296. The first-order valence-corrected chi connectivity index (χ1v) is 22.8. The van der Waals surface area contributed by atoms with Crippen LogP contribution in [-0.4, -0.2) is 119 Å². The van der Waals surface area contributed by atoms with Gasteiger partial charge in [0.05, 0.1) is 41.3 Å². The first kappa shape index (κ1) is 44.4. The van der Waals surface area contributed by atoms with E-state index in [0.717, 1.165) is 35.1 Å². The second-order valence-electron chi connectivity index (χ2n) is 18.6. The standard InChI is InChI=1S/C48H56N10O8/c1-25(2)40(53-39(60)24-59)46(63)57-14-6-8-37(57)42-49-33-12-10-27(18-35(33)51-42)44(61)55-20-29-16-31-22-56(23-32(31)17-30(29)21-55)45(62)28-11-13-34-36(19-28)52-43(50-34)38-9-7-15-58(38)47(64)41(26(3)4)54-48(65)66-5/h10-13,16-19,25-26,37-38,40-41,59H,6-9,14-15,20-24H2,1-5H3,(H,49,51)(H,50,52)(H,53,60)(H,54,65)/t37?,38?,40-,41+/m0/s1. The quantitative estimate of drug-likeness (QED) is 0.124.